The van der Waals surface area contributed by atoms with E-state index in [1.165, 1.54) is 11.1 Å². The van der Waals surface area contributed by atoms with Crippen LogP contribution < -0.4 is 0 Å². The molecule has 0 aromatic heterocycles. The first-order chi connectivity index (χ1) is 6.66. The first-order valence-electron chi connectivity index (χ1n) is 4.95. The molecule has 0 saturated heterocycles. The maximum absolute atomic E-state index is 10.6. The molecule has 1 aromatic carbocycles. The van der Waals surface area contributed by atoms with Crippen molar-refractivity contribution >= 4 is 5.97 Å². The highest BCUT2D eigenvalue weighted by Gasteiger charge is 2.42. The van der Waals surface area contributed by atoms with Gasteiger partial charge in [-0.25, -0.2) is 0 Å². The Morgan fingerprint density at radius 2 is 2.07 bits per heavy atom. The maximum Gasteiger partial charge on any atom is 0.306 e. The monoisotopic (exact) mass is 190 g/mol. The minimum absolute atomic E-state index is 0.0868. The molecule has 1 N–H and O–H groups in total. The first-order valence-corrected chi connectivity index (χ1v) is 4.95. The molecule has 14 heavy (non-hydrogen) atoms. The highest BCUT2D eigenvalue weighted by atomic mass is 16.4. The third-order valence-corrected chi connectivity index (χ3v) is 2.86. The van der Waals surface area contributed by atoms with E-state index in [9.17, 15) is 4.79 Å². The van der Waals surface area contributed by atoms with Gasteiger partial charge in [0.25, 0.3) is 0 Å². The minimum atomic E-state index is -0.637. The zero-order valence-electron chi connectivity index (χ0n) is 8.23. The summed E-state index contributed by atoms with van der Waals surface area (Å²) in [6.45, 7) is 2.06. The topological polar surface area (TPSA) is 37.3 Å². The van der Waals surface area contributed by atoms with Crippen molar-refractivity contribution < 1.29 is 9.90 Å². The fourth-order valence-corrected chi connectivity index (χ4v) is 1.80. The number of hydrogen-bond donors (Lipinski definition) is 1. The molecular weight excluding hydrogens is 176 g/mol. The van der Waals surface area contributed by atoms with Crippen molar-refractivity contribution in [2.24, 2.45) is 11.8 Å². The van der Waals surface area contributed by atoms with Crippen LogP contribution in [0.5, 0.6) is 0 Å². The third-order valence-electron chi connectivity index (χ3n) is 2.86. The van der Waals surface area contributed by atoms with Gasteiger partial charge in [0.15, 0.2) is 0 Å². The summed E-state index contributed by atoms with van der Waals surface area (Å²) in [5.74, 6) is -0.353. The number of carboxylic acids is 1. The summed E-state index contributed by atoms with van der Waals surface area (Å²) in [5.41, 5.74) is 2.50. The molecule has 2 atom stereocenters. The molecule has 2 nitrogen and oxygen atoms in total. The molecule has 2 heteroatoms. The normalized spacial score (nSPS) is 24.6. The van der Waals surface area contributed by atoms with E-state index < -0.39 is 5.97 Å². The van der Waals surface area contributed by atoms with E-state index in [4.69, 9.17) is 5.11 Å². The van der Waals surface area contributed by atoms with Crippen LogP contribution in [0, 0.1) is 18.8 Å². The predicted molar refractivity (Wildman–Crippen MR) is 54.1 cm³/mol. The van der Waals surface area contributed by atoms with E-state index in [0.717, 1.165) is 12.8 Å². The summed E-state index contributed by atoms with van der Waals surface area (Å²) >= 11 is 0. The average Bonchev–Trinajstić information content (AvgIpc) is 2.88. The van der Waals surface area contributed by atoms with Crippen molar-refractivity contribution in [2.75, 3.05) is 0 Å². The number of aliphatic carboxylic acids is 1. The van der Waals surface area contributed by atoms with Crippen LogP contribution in [0.2, 0.25) is 0 Å². The van der Waals surface area contributed by atoms with Gasteiger partial charge in [-0.1, -0.05) is 29.8 Å². The molecule has 0 aliphatic heterocycles. The Balaban J connectivity index is 1.94. The molecule has 74 valence electrons. The predicted octanol–water partition coefficient (Wildman–Crippen LogP) is 2.26. The smallest absolute Gasteiger partial charge is 0.306 e. The van der Waals surface area contributed by atoms with Gasteiger partial charge in [0.05, 0.1) is 5.92 Å². The second-order valence-electron chi connectivity index (χ2n) is 4.13. The number of carboxylic acid groups (broad SMARTS) is 1. The Hall–Kier alpha value is -1.31. The van der Waals surface area contributed by atoms with Crippen molar-refractivity contribution in [2.45, 2.75) is 19.8 Å². The summed E-state index contributed by atoms with van der Waals surface area (Å²) in [4.78, 5) is 10.6. The van der Waals surface area contributed by atoms with Crippen molar-refractivity contribution in [3.05, 3.63) is 35.4 Å². The van der Waals surface area contributed by atoms with Gasteiger partial charge < -0.3 is 5.11 Å². The van der Waals surface area contributed by atoms with Crippen molar-refractivity contribution in [1.29, 1.82) is 0 Å². The molecule has 1 aromatic rings. The molecule has 0 bridgehead atoms. The lowest BCUT2D eigenvalue weighted by molar-refractivity contribution is -0.138. The van der Waals surface area contributed by atoms with Gasteiger partial charge in [0.2, 0.25) is 0 Å². The number of benzene rings is 1. The van der Waals surface area contributed by atoms with Crippen LogP contribution in [0.3, 0.4) is 0 Å². The molecule has 1 aliphatic carbocycles. The second kappa shape index (κ2) is 3.45. The zero-order valence-corrected chi connectivity index (χ0v) is 8.23. The van der Waals surface area contributed by atoms with Crippen LogP contribution >= 0.6 is 0 Å². The molecule has 1 aliphatic rings. The van der Waals surface area contributed by atoms with Crippen molar-refractivity contribution in [1.82, 2.24) is 0 Å². The molecule has 2 rings (SSSR count). The van der Waals surface area contributed by atoms with Gasteiger partial charge in [-0.3, -0.25) is 4.79 Å². The van der Waals surface area contributed by atoms with Crippen molar-refractivity contribution in [3.63, 3.8) is 0 Å². The van der Waals surface area contributed by atoms with Crippen LogP contribution in [0.1, 0.15) is 17.5 Å². The molecule has 0 spiro atoms. The van der Waals surface area contributed by atoms with E-state index in [1.807, 2.05) is 0 Å². The standard InChI is InChI=1S/C12H14O2/c1-8-2-4-9(5-3-8)6-10-7-11(10)12(13)14/h2-5,10-11H,6-7H2,1H3,(H,13,14)/t10-,11+/m0/s1. The largest absolute Gasteiger partial charge is 0.481 e. The SMILES string of the molecule is Cc1ccc(C[C@H]2C[C@H]2C(=O)O)cc1. The zero-order chi connectivity index (χ0) is 10.1. The van der Waals surface area contributed by atoms with Crippen molar-refractivity contribution in [3.8, 4) is 0 Å². The van der Waals surface area contributed by atoms with Gasteiger partial charge in [-0.2, -0.15) is 0 Å². The lowest BCUT2D eigenvalue weighted by atomic mass is 10.1. The average molecular weight is 190 g/mol. The number of rotatable bonds is 3. The molecule has 0 unspecified atom stereocenters. The second-order valence-corrected chi connectivity index (χ2v) is 4.13. The Bertz CT molecular complexity index is 340. The molecular formula is C12H14O2. The molecule has 0 radical (unpaired) electrons. The highest BCUT2D eigenvalue weighted by Crippen LogP contribution is 2.41. The number of hydrogen-bond acceptors (Lipinski definition) is 1. The fourth-order valence-electron chi connectivity index (χ4n) is 1.80. The maximum atomic E-state index is 10.6. The molecule has 0 amide bonds. The van der Waals surface area contributed by atoms with Gasteiger partial charge >= 0.3 is 5.97 Å². The summed E-state index contributed by atoms with van der Waals surface area (Å²) in [5, 5.41) is 8.75. The fraction of sp³-hybridized carbons (Fsp3) is 0.417. The van der Waals surface area contributed by atoms with E-state index >= 15 is 0 Å². The van der Waals surface area contributed by atoms with Crippen LogP contribution in [0.4, 0.5) is 0 Å². The summed E-state index contributed by atoms with van der Waals surface area (Å²) in [6, 6.07) is 8.33. The molecule has 1 fully saturated rings. The van der Waals surface area contributed by atoms with Crippen LogP contribution in [-0.4, -0.2) is 11.1 Å². The van der Waals surface area contributed by atoms with E-state index in [2.05, 4.69) is 31.2 Å². The van der Waals surface area contributed by atoms with Crippen LogP contribution in [0.15, 0.2) is 24.3 Å². The first kappa shape index (κ1) is 9.25. The lowest BCUT2D eigenvalue weighted by Gasteiger charge is -1.99. The third kappa shape index (κ3) is 1.95. The van der Waals surface area contributed by atoms with Crippen LogP contribution in [-0.2, 0) is 11.2 Å². The number of aryl methyl sites for hydroxylation is 1. The van der Waals surface area contributed by atoms with Gasteiger partial charge in [0.1, 0.15) is 0 Å². The summed E-state index contributed by atoms with van der Waals surface area (Å²) in [6.07, 6.45) is 1.76. The van der Waals surface area contributed by atoms with Crippen LogP contribution in [0.25, 0.3) is 0 Å². The molecule has 1 saturated carbocycles. The lowest BCUT2D eigenvalue weighted by Crippen LogP contribution is -2.01. The minimum Gasteiger partial charge on any atom is -0.481 e. The van der Waals surface area contributed by atoms with Gasteiger partial charge in [-0.15, -0.1) is 0 Å². The summed E-state index contributed by atoms with van der Waals surface area (Å²) < 4.78 is 0. The van der Waals surface area contributed by atoms with E-state index in [0.29, 0.717) is 5.92 Å². The number of carbonyl (C=O) groups is 1. The Morgan fingerprint density at radius 1 is 1.43 bits per heavy atom. The Kier molecular flexibility index (Phi) is 2.28. The molecule has 0 heterocycles. The summed E-state index contributed by atoms with van der Waals surface area (Å²) in [7, 11) is 0. The Morgan fingerprint density at radius 3 is 2.57 bits per heavy atom. The van der Waals surface area contributed by atoms with Gasteiger partial charge in [0, 0.05) is 0 Å². The van der Waals surface area contributed by atoms with Gasteiger partial charge in [-0.05, 0) is 31.2 Å². The van der Waals surface area contributed by atoms with E-state index in [-0.39, 0.29) is 5.92 Å². The highest BCUT2D eigenvalue weighted by molar-refractivity contribution is 5.73. The van der Waals surface area contributed by atoms with E-state index in [1.54, 1.807) is 0 Å². The quantitative estimate of drug-likeness (QED) is 0.793. The Labute approximate surface area is 83.6 Å².